The number of nitro groups is 1. The van der Waals surface area contributed by atoms with Gasteiger partial charge in [0.05, 0.1) is 4.92 Å². The molecular formula is C10H15N3O3. The Morgan fingerprint density at radius 1 is 1.50 bits per heavy atom. The molecule has 0 spiro atoms. The van der Waals surface area contributed by atoms with E-state index in [0.29, 0.717) is 18.5 Å². The van der Waals surface area contributed by atoms with Crippen molar-refractivity contribution < 1.29 is 10.0 Å². The van der Waals surface area contributed by atoms with E-state index >= 15 is 0 Å². The van der Waals surface area contributed by atoms with Gasteiger partial charge >= 0.3 is 5.69 Å². The van der Waals surface area contributed by atoms with Gasteiger partial charge in [-0.15, -0.1) is 0 Å². The molecule has 1 aromatic carbocycles. The molecule has 1 atom stereocenters. The quantitative estimate of drug-likeness (QED) is 0.511. The number of aromatic hydroxyl groups is 1. The number of hydrogen-bond donors (Lipinski definition) is 3. The fourth-order valence-corrected chi connectivity index (χ4v) is 1.42. The number of hydrogen-bond acceptors (Lipinski definition) is 5. The number of nitro benzene ring substituents is 1. The van der Waals surface area contributed by atoms with Gasteiger partial charge in [0.1, 0.15) is 0 Å². The van der Waals surface area contributed by atoms with Gasteiger partial charge in [-0.25, -0.2) is 0 Å². The lowest BCUT2D eigenvalue weighted by Crippen LogP contribution is -2.12. The average molecular weight is 225 g/mol. The lowest BCUT2D eigenvalue weighted by Gasteiger charge is -2.11. The Hall–Kier alpha value is -1.66. The first kappa shape index (κ1) is 12.4. The van der Waals surface area contributed by atoms with Crippen molar-refractivity contribution >= 4 is 5.69 Å². The van der Waals surface area contributed by atoms with E-state index in [2.05, 4.69) is 0 Å². The third-order valence-electron chi connectivity index (χ3n) is 2.34. The van der Waals surface area contributed by atoms with Gasteiger partial charge in [0.25, 0.3) is 0 Å². The normalized spacial score (nSPS) is 12.4. The van der Waals surface area contributed by atoms with Crippen LogP contribution >= 0.6 is 0 Å². The number of phenols is 1. The SMILES string of the molecule is NCCC[C@@H](N)c1ccc(O)c([N+](=O)[O-])c1. The van der Waals surface area contributed by atoms with E-state index in [9.17, 15) is 15.2 Å². The number of nitrogens with two attached hydrogens (primary N) is 2. The third-order valence-corrected chi connectivity index (χ3v) is 2.34. The third kappa shape index (κ3) is 2.91. The molecule has 88 valence electrons. The largest absolute Gasteiger partial charge is 0.502 e. The van der Waals surface area contributed by atoms with Crippen molar-refractivity contribution in [2.45, 2.75) is 18.9 Å². The minimum Gasteiger partial charge on any atom is -0.502 e. The van der Waals surface area contributed by atoms with Gasteiger partial charge in [0, 0.05) is 12.1 Å². The summed E-state index contributed by atoms with van der Waals surface area (Å²) >= 11 is 0. The molecular weight excluding hydrogens is 210 g/mol. The van der Waals surface area contributed by atoms with Crippen molar-refractivity contribution in [3.63, 3.8) is 0 Å². The van der Waals surface area contributed by atoms with Crippen LogP contribution in [0.5, 0.6) is 5.75 Å². The van der Waals surface area contributed by atoms with Gasteiger partial charge in [-0.2, -0.15) is 0 Å². The van der Waals surface area contributed by atoms with Gasteiger partial charge in [0.2, 0.25) is 0 Å². The molecule has 0 aromatic heterocycles. The summed E-state index contributed by atoms with van der Waals surface area (Å²) < 4.78 is 0. The van der Waals surface area contributed by atoms with Crippen LogP contribution in [0.4, 0.5) is 5.69 Å². The summed E-state index contributed by atoms with van der Waals surface area (Å²) in [6, 6.07) is 3.89. The van der Waals surface area contributed by atoms with Crippen LogP contribution in [0.3, 0.4) is 0 Å². The second kappa shape index (κ2) is 5.43. The van der Waals surface area contributed by atoms with E-state index in [0.717, 1.165) is 6.42 Å². The summed E-state index contributed by atoms with van der Waals surface area (Å²) in [5, 5.41) is 19.9. The number of rotatable bonds is 5. The maximum atomic E-state index is 10.6. The van der Waals surface area contributed by atoms with Crippen LogP contribution in [0.25, 0.3) is 0 Å². The molecule has 0 amide bonds. The molecule has 0 radical (unpaired) electrons. The van der Waals surface area contributed by atoms with Crippen molar-refractivity contribution in [2.75, 3.05) is 6.54 Å². The smallest absolute Gasteiger partial charge is 0.311 e. The molecule has 0 saturated carbocycles. The highest BCUT2D eigenvalue weighted by molar-refractivity contribution is 5.48. The summed E-state index contributed by atoms with van der Waals surface area (Å²) in [5.41, 5.74) is 11.5. The zero-order valence-electron chi connectivity index (χ0n) is 8.80. The molecule has 1 aromatic rings. The van der Waals surface area contributed by atoms with Gasteiger partial charge in [-0.3, -0.25) is 10.1 Å². The maximum absolute atomic E-state index is 10.6. The van der Waals surface area contributed by atoms with Gasteiger partial charge < -0.3 is 16.6 Å². The lowest BCUT2D eigenvalue weighted by atomic mass is 10.0. The van der Waals surface area contributed by atoms with Crippen LogP contribution in [0, 0.1) is 10.1 Å². The Bertz CT molecular complexity index is 382. The van der Waals surface area contributed by atoms with Gasteiger partial charge in [-0.1, -0.05) is 6.07 Å². The predicted molar refractivity (Wildman–Crippen MR) is 60.0 cm³/mol. The van der Waals surface area contributed by atoms with Gasteiger partial charge in [-0.05, 0) is 31.0 Å². The summed E-state index contributed by atoms with van der Waals surface area (Å²) in [5.74, 6) is -0.347. The van der Waals surface area contributed by atoms with Crippen LogP contribution < -0.4 is 11.5 Å². The zero-order chi connectivity index (χ0) is 12.1. The zero-order valence-corrected chi connectivity index (χ0v) is 8.80. The molecule has 0 heterocycles. The highest BCUT2D eigenvalue weighted by Crippen LogP contribution is 2.29. The van der Waals surface area contributed by atoms with Crippen molar-refractivity contribution in [3.8, 4) is 5.75 Å². The van der Waals surface area contributed by atoms with E-state index in [4.69, 9.17) is 11.5 Å². The second-order valence-electron chi connectivity index (χ2n) is 3.54. The number of nitrogens with zero attached hydrogens (tertiary/aromatic N) is 1. The molecule has 0 fully saturated rings. The molecule has 0 aliphatic carbocycles. The van der Waals surface area contributed by atoms with Crippen molar-refractivity contribution in [3.05, 3.63) is 33.9 Å². The molecule has 16 heavy (non-hydrogen) atoms. The number of benzene rings is 1. The monoisotopic (exact) mass is 225 g/mol. The maximum Gasteiger partial charge on any atom is 0.311 e. The van der Waals surface area contributed by atoms with Crippen molar-refractivity contribution in [1.82, 2.24) is 0 Å². The summed E-state index contributed by atoms with van der Waals surface area (Å²) in [6.07, 6.45) is 1.42. The Labute approximate surface area is 93.0 Å². The van der Waals surface area contributed by atoms with Crippen LogP contribution in [0.2, 0.25) is 0 Å². The van der Waals surface area contributed by atoms with Gasteiger partial charge in [0.15, 0.2) is 5.75 Å². The molecule has 6 nitrogen and oxygen atoms in total. The van der Waals surface area contributed by atoms with E-state index in [1.54, 1.807) is 6.07 Å². The van der Waals surface area contributed by atoms with E-state index < -0.39 is 4.92 Å². The molecule has 0 bridgehead atoms. The fraction of sp³-hybridized carbons (Fsp3) is 0.400. The summed E-state index contributed by atoms with van der Waals surface area (Å²) in [4.78, 5) is 9.96. The highest BCUT2D eigenvalue weighted by Gasteiger charge is 2.16. The molecule has 0 saturated heterocycles. The van der Waals surface area contributed by atoms with Crippen LogP contribution in [0.15, 0.2) is 18.2 Å². The highest BCUT2D eigenvalue weighted by atomic mass is 16.6. The Balaban J connectivity index is 2.89. The number of phenolic OH excluding ortho intramolecular Hbond substituents is 1. The summed E-state index contributed by atoms with van der Waals surface area (Å²) in [6.45, 7) is 0.536. The van der Waals surface area contributed by atoms with Crippen LogP contribution in [0.1, 0.15) is 24.4 Å². The van der Waals surface area contributed by atoms with Crippen molar-refractivity contribution in [2.24, 2.45) is 11.5 Å². The minimum absolute atomic E-state index is 0.289. The topological polar surface area (TPSA) is 115 Å². The molecule has 0 unspecified atom stereocenters. The first-order valence-corrected chi connectivity index (χ1v) is 4.99. The second-order valence-corrected chi connectivity index (χ2v) is 3.54. The van der Waals surface area contributed by atoms with E-state index in [1.807, 2.05) is 0 Å². The first-order valence-electron chi connectivity index (χ1n) is 4.99. The minimum atomic E-state index is -0.630. The van der Waals surface area contributed by atoms with Crippen LogP contribution in [-0.4, -0.2) is 16.6 Å². The lowest BCUT2D eigenvalue weighted by molar-refractivity contribution is -0.385. The molecule has 6 heteroatoms. The Morgan fingerprint density at radius 2 is 2.19 bits per heavy atom. The Kier molecular flexibility index (Phi) is 4.21. The average Bonchev–Trinajstić information content (AvgIpc) is 2.26. The standard InChI is InChI=1S/C10H15N3O3/c11-5-1-2-8(12)7-3-4-10(14)9(6-7)13(15)16/h3-4,6,8,14H,1-2,5,11-12H2/t8-/m1/s1. The van der Waals surface area contributed by atoms with Crippen molar-refractivity contribution in [1.29, 1.82) is 0 Å². The first-order chi connectivity index (χ1) is 7.56. The predicted octanol–water partition coefficient (Wildman–Crippen LogP) is 1.04. The Morgan fingerprint density at radius 3 is 2.75 bits per heavy atom. The van der Waals surface area contributed by atoms with E-state index in [1.165, 1.54) is 12.1 Å². The molecule has 0 aliphatic heterocycles. The molecule has 0 aliphatic rings. The molecule has 1 rings (SSSR count). The fourth-order valence-electron chi connectivity index (χ4n) is 1.42. The summed E-state index contributed by atoms with van der Waals surface area (Å²) in [7, 11) is 0. The van der Waals surface area contributed by atoms with E-state index in [-0.39, 0.29) is 17.5 Å². The van der Waals surface area contributed by atoms with Crippen LogP contribution in [-0.2, 0) is 0 Å². The molecule has 5 N–H and O–H groups in total.